The molecule has 0 radical (unpaired) electrons. The van der Waals surface area contributed by atoms with E-state index >= 15 is 0 Å². The molecule has 0 saturated carbocycles. The summed E-state index contributed by atoms with van der Waals surface area (Å²) in [5.41, 5.74) is 1.18. The van der Waals surface area contributed by atoms with Crippen molar-refractivity contribution in [2.75, 3.05) is 6.61 Å². The molecule has 3 nitrogen and oxygen atoms in total. The minimum absolute atomic E-state index is 0.102. The van der Waals surface area contributed by atoms with Crippen LogP contribution in [0.15, 0.2) is 96.0 Å². The highest BCUT2D eigenvalue weighted by atomic mass is 16.5. The third-order valence-electron chi connectivity index (χ3n) is 4.53. The molecule has 0 bridgehead atoms. The number of rotatable bonds is 4. The fourth-order valence-electron chi connectivity index (χ4n) is 3.19. The molecule has 1 aliphatic heterocycles. The Morgan fingerprint density at radius 1 is 0.760 bits per heavy atom. The second kappa shape index (κ2) is 6.54. The zero-order valence-electron chi connectivity index (χ0n) is 13.7. The van der Waals surface area contributed by atoms with Crippen LogP contribution in [0.1, 0.15) is 22.7 Å². The summed E-state index contributed by atoms with van der Waals surface area (Å²) in [7, 11) is 0. The van der Waals surface area contributed by atoms with Crippen LogP contribution < -0.4 is 0 Å². The number of benzene rings is 3. The van der Waals surface area contributed by atoms with Gasteiger partial charge in [0, 0.05) is 0 Å². The molecule has 1 N–H and O–H groups in total. The summed E-state index contributed by atoms with van der Waals surface area (Å²) in [5, 5.41) is 11.7. The predicted molar refractivity (Wildman–Crippen MR) is 98.5 cm³/mol. The lowest BCUT2D eigenvalue weighted by Gasteiger charge is -2.28. The van der Waals surface area contributed by atoms with Gasteiger partial charge < -0.3 is 9.84 Å². The fraction of sp³-hybridized carbons (Fsp3) is 0.136. The minimum atomic E-state index is -1.40. The Morgan fingerprint density at radius 2 is 1.24 bits per heavy atom. The number of aliphatic imine (C=N–C) groups is 1. The number of aliphatic hydroxyl groups is 1. The Morgan fingerprint density at radius 3 is 1.76 bits per heavy atom. The highest BCUT2D eigenvalue weighted by Crippen LogP contribution is 2.36. The molecule has 3 aromatic carbocycles. The van der Waals surface area contributed by atoms with E-state index in [1.807, 2.05) is 91.0 Å². The molecule has 0 unspecified atom stereocenters. The van der Waals surface area contributed by atoms with E-state index in [0.717, 1.165) is 16.7 Å². The van der Waals surface area contributed by atoms with Gasteiger partial charge in [-0.15, -0.1) is 0 Å². The third kappa shape index (κ3) is 2.83. The van der Waals surface area contributed by atoms with Crippen LogP contribution in [0.25, 0.3) is 0 Å². The quantitative estimate of drug-likeness (QED) is 0.783. The number of ether oxygens (including phenoxy) is 1. The maximum absolute atomic E-state index is 11.7. The first kappa shape index (κ1) is 15.6. The van der Waals surface area contributed by atoms with Crippen LogP contribution in [0.2, 0.25) is 0 Å². The Kier molecular flexibility index (Phi) is 4.08. The number of hydrogen-bond acceptors (Lipinski definition) is 3. The summed E-state index contributed by atoms with van der Waals surface area (Å²) < 4.78 is 5.89. The molecule has 1 atom stereocenters. The van der Waals surface area contributed by atoms with Gasteiger partial charge in [0.1, 0.15) is 12.6 Å². The van der Waals surface area contributed by atoms with E-state index in [-0.39, 0.29) is 6.04 Å². The van der Waals surface area contributed by atoms with Gasteiger partial charge in [0.2, 0.25) is 5.90 Å². The smallest absolute Gasteiger partial charge is 0.226 e. The Bertz CT molecular complexity index is 821. The standard InChI is InChI=1S/C22H19NO2/c24-22(18-12-6-2-7-13-18,19-14-8-3-9-15-19)21-23-20(16-25-21)17-10-4-1-5-11-17/h1-15,20,24H,16H2/t20-/m1/s1. The first-order valence-electron chi connectivity index (χ1n) is 8.38. The summed E-state index contributed by atoms with van der Waals surface area (Å²) >= 11 is 0. The molecule has 3 aromatic rings. The lowest BCUT2D eigenvalue weighted by atomic mass is 9.86. The van der Waals surface area contributed by atoms with Gasteiger partial charge in [-0.1, -0.05) is 91.0 Å². The van der Waals surface area contributed by atoms with E-state index in [4.69, 9.17) is 9.73 Å². The van der Waals surface area contributed by atoms with Crippen molar-refractivity contribution in [1.29, 1.82) is 0 Å². The van der Waals surface area contributed by atoms with Crippen molar-refractivity contribution in [1.82, 2.24) is 0 Å². The van der Waals surface area contributed by atoms with Gasteiger partial charge in [-0.05, 0) is 16.7 Å². The maximum Gasteiger partial charge on any atom is 0.226 e. The van der Waals surface area contributed by atoms with E-state index in [2.05, 4.69) is 0 Å². The molecular weight excluding hydrogens is 310 g/mol. The average Bonchev–Trinajstić information content (AvgIpc) is 3.20. The number of hydrogen-bond donors (Lipinski definition) is 1. The van der Waals surface area contributed by atoms with Gasteiger partial charge in [-0.3, -0.25) is 0 Å². The molecule has 4 rings (SSSR count). The largest absolute Gasteiger partial charge is 0.476 e. The predicted octanol–water partition coefficient (Wildman–Crippen LogP) is 4.09. The molecule has 0 spiro atoms. The van der Waals surface area contributed by atoms with Crippen molar-refractivity contribution < 1.29 is 9.84 Å². The molecule has 0 aliphatic carbocycles. The van der Waals surface area contributed by atoms with E-state index in [1.165, 1.54) is 0 Å². The van der Waals surface area contributed by atoms with Crippen molar-refractivity contribution in [3.8, 4) is 0 Å². The zero-order chi connectivity index (χ0) is 17.1. The second-order valence-corrected chi connectivity index (χ2v) is 6.11. The SMILES string of the molecule is OC(C1=N[C@@H](c2ccccc2)CO1)(c1ccccc1)c1ccccc1. The monoisotopic (exact) mass is 329 g/mol. The van der Waals surface area contributed by atoms with Crippen molar-refractivity contribution in [3.05, 3.63) is 108 Å². The molecule has 25 heavy (non-hydrogen) atoms. The van der Waals surface area contributed by atoms with Gasteiger partial charge in [-0.2, -0.15) is 0 Å². The summed E-state index contributed by atoms with van der Waals surface area (Å²) in [6.45, 7) is 0.432. The summed E-state index contributed by atoms with van der Waals surface area (Å²) in [6.07, 6.45) is 0. The lowest BCUT2D eigenvalue weighted by Crippen LogP contribution is -2.37. The average molecular weight is 329 g/mol. The van der Waals surface area contributed by atoms with Gasteiger partial charge in [0.25, 0.3) is 0 Å². The molecule has 0 amide bonds. The van der Waals surface area contributed by atoms with E-state index in [1.54, 1.807) is 0 Å². The molecule has 1 heterocycles. The summed E-state index contributed by atoms with van der Waals surface area (Å²) in [6, 6.07) is 29.0. The Hall–Kier alpha value is -2.91. The van der Waals surface area contributed by atoms with Crippen LogP contribution in [0, 0.1) is 0 Å². The first-order chi connectivity index (χ1) is 12.3. The molecule has 0 aromatic heterocycles. The third-order valence-corrected chi connectivity index (χ3v) is 4.53. The Labute approximate surface area is 147 Å². The van der Waals surface area contributed by atoms with Gasteiger partial charge in [0.05, 0.1) is 0 Å². The first-order valence-corrected chi connectivity index (χ1v) is 8.38. The van der Waals surface area contributed by atoms with Crippen LogP contribution in [0.5, 0.6) is 0 Å². The molecule has 0 saturated heterocycles. The van der Waals surface area contributed by atoms with E-state index in [0.29, 0.717) is 12.5 Å². The topological polar surface area (TPSA) is 41.8 Å². The molecular formula is C22H19NO2. The van der Waals surface area contributed by atoms with Gasteiger partial charge >= 0.3 is 0 Å². The van der Waals surface area contributed by atoms with Crippen LogP contribution >= 0.6 is 0 Å². The highest BCUT2D eigenvalue weighted by Gasteiger charge is 2.42. The molecule has 1 aliphatic rings. The minimum Gasteiger partial charge on any atom is -0.476 e. The van der Waals surface area contributed by atoms with Crippen LogP contribution in [0.4, 0.5) is 0 Å². The van der Waals surface area contributed by atoms with Crippen molar-refractivity contribution in [3.63, 3.8) is 0 Å². The molecule has 3 heteroatoms. The Balaban J connectivity index is 1.80. The summed E-state index contributed by atoms with van der Waals surface area (Å²) in [5.74, 6) is 0.346. The van der Waals surface area contributed by atoms with Gasteiger partial charge in [0.15, 0.2) is 5.60 Å². The normalized spacial score (nSPS) is 17.0. The molecule has 124 valence electrons. The van der Waals surface area contributed by atoms with E-state index < -0.39 is 5.60 Å². The van der Waals surface area contributed by atoms with Gasteiger partial charge in [-0.25, -0.2) is 4.99 Å². The summed E-state index contributed by atoms with van der Waals surface area (Å²) in [4.78, 5) is 4.73. The van der Waals surface area contributed by atoms with Crippen molar-refractivity contribution >= 4 is 5.90 Å². The second-order valence-electron chi connectivity index (χ2n) is 6.11. The van der Waals surface area contributed by atoms with Crippen LogP contribution in [0.3, 0.4) is 0 Å². The zero-order valence-corrected chi connectivity index (χ0v) is 13.7. The molecule has 0 fully saturated rings. The van der Waals surface area contributed by atoms with Crippen LogP contribution in [-0.4, -0.2) is 17.6 Å². The van der Waals surface area contributed by atoms with E-state index in [9.17, 15) is 5.11 Å². The lowest BCUT2D eigenvalue weighted by molar-refractivity contribution is 0.122. The van der Waals surface area contributed by atoms with Crippen molar-refractivity contribution in [2.45, 2.75) is 11.6 Å². The van der Waals surface area contributed by atoms with Crippen LogP contribution in [-0.2, 0) is 10.3 Å². The number of nitrogens with zero attached hydrogens (tertiary/aromatic N) is 1. The highest BCUT2D eigenvalue weighted by molar-refractivity contribution is 5.91. The maximum atomic E-state index is 11.7. The fourth-order valence-corrected chi connectivity index (χ4v) is 3.19. The van der Waals surface area contributed by atoms with Crippen molar-refractivity contribution in [2.24, 2.45) is 4.99 Å².